The van der Waals surface area contributed by atoms with E-state index in [-0.39, 0.29) is 24.4 Å². The third-order valence-corrected chi connectivity index (χ3v) is 5.32. The van der Waals surface area contributed by atoms with Gasteiger partial charge in [-0.25, -0.2) is 4.79 Å². The maximum absolute atomic E-state index is 13.3. The Labute approximate surface area is 197 Å². The highest BCUT2D eigenvalue weighted by atomic mass is 79.9. The van der Waals surface area contributed by atoms with Gasteiger partial charge in [-0.05, 0) is 47.9 Å². The first kappa shape index (κ1) is 23.6. The zero-order valence-electron chi connectivity index (χ0n) is 18.3. The first-order valence-electron chi connectivity index (χ1n) is 10.6. The van der Waals surface area contributed by atoms with Gasteiger partial charge in [0.25, 0.3) is 0 Å². The first-order chi connectivity index (χ1) is 15.4. The molecular weight excluding hydrogens is 470 g/mol. The van der Waals surface area contributed by atoms with Crippen molar-refractivity contribution in [1.82, 2.24) is 9.80 Å². The van der Waals surface area contributed by atoms with Gasteiger partial charge in [-0.2, -0.15) is 0 Å². The van der Waals surface area contributed by atoms with Gasteiger partial charge in [-0.15, -0.1) is 0 Å². The lowest BCUT2D eigenvalue weighted by Gasteiger charge is -2.28. The maximum Gasteiger partial charge on any atom is 0.322 e. The summed E-state index contributed by atoms with van der Waals surface area (Å²) in [6.45, 7) is 5.26. The zero-order chi connectivity index (χ0) is 22.9. The second-order valence-corrected chi connectivity index (χ2v) is 8.94. The van der Waals surface area contributed by atoms with E-state index in [1.54, 1.807) is 22.1 Å². The second kappa shape index (κ2) is 11.5. The molecule has 7 heteroatoms. The molecule has 0 spiro atoms. The fraction of sp³-hybridized carbons (Fsp3) is 0.280. The number of hydrogen-bond donors (Lipinski definition) is 1. The van der Waals surface area contributed by atoms with Gasteiger partial charge in [0.2, 0.25) is 5.91 Å². The van der Waals surface area contributed by atoms with Crippen LogP contribution in [0.3, 0.4) is 0 Å². The number of nitrogens with zero attached hydrogens (tertiary/aromatic N) is 2. The molecule has 0 aliphatic rings. The van der Waals surface area contributed by atoms with Crippen molar-refractivity contribution in [2.45, 2.75) is 26.9 Å². The predicted octanol–water partition coefficient (Wildman–Crippen LogP) is 5.76. The number of benzene rings is 2. The van der Waals surface area contributed by atoms with Gasteiger partial charge in [0.1, 0.15) is 12.3 Å². The molecule has 1 heterocycles. The second-order valence-electron chi connectivity index (χ2n) is 8.03. The van der Waals surface area contributed by atoms with Crippen LogP contribution in [-0.4, -0.2) is 34.8 Å². The zero-order valence-corrected chi connectivity index (χ0v) is 19.9. The van der Waals surface area contributed by atoms with Crippen LogP contribution in [0, 0.1) is 5.92 Å². The van der Waals surface area contributed by atoms with Crippen molar-refractivity contribution in [3.8, 4) is 0 Å². The number of furan rings is 1. The number of carbonyl (C=O) groups excluding carboxylic acids is 2. The molecule has 168 valence electrons. The van der Waals surface area contributed by atoms with Gasteiger partial charge in [-0.3, -0.25) is 4.79 Å². The van der Waals surface area contributed by atoms with Crippen molar-refractivity contribution in [3.05, 3.63) is 88.8 Å². The van der Waals surface area contributed by atoms with E-state index in [2.05, 4.69) is 21.2 Å². The highest BCUT2D eigenvalue weighted by Crippen LogP contribution is 2.16. The minimum atomic E-state index is -0.299. The van der Waals surface area contributed by atoms with Gasteiger partial charge in [0.15, 0.2) is 0 Å². The summed E-state index contributed by atoms with van der Waals surface area (Å²) in [7, 11) is 0. The van der Waals surface area contributed by atoms with E-state index in [9.17, 15) is 9.59 Å². The summed E-state index contributed by atoms with van der Waals surface area (Å²) in [5.41, 5.74) is 1.69. The molecule has 0 bridgehead atoms. The molecule has 3 rings (SSSR count). The first-order valence-corrected chi connectivity index (χ1v) is 11.4. The molecule has 3 amide bonds. The standard InChI is InChI=1S/C25H28BrN3O3/c1-19(2)15-29(25(31)27-22-12-10-21(26)11-13-22)18-24(30)28(17-23-9-6-14-32-23)16-20-7-4-3-5-8-20/h3-14,19H,15-18H2,1-2H3,(H,27,31). The summed E-state index contributed by atoms with van der Waals surface area (Å²) >= 11 is 3.39. The van der Waals surface area contributed by atoms with Crippen molar-refractivity contribution >= 4 is 33.6 Å². The minimum absolute atomic E-state index is 0.0198. The largest absolute Gasteiger partial charge is 0.467 e. The molecule has 3 aromatic rings. The summed E-state index contributed by atoms with van der Waals surface area (Å²) < 4.78 is 6.40. The van der Waals surface area contributed by atoms with Crippen molar-refractivity contribution in [1.29, 1.82) is 0 Å². The van der Waals surface area contributed by atoms with Crippen LogP contribution in [0.4, 0.5) is 10.5 Å². The predicted molar refractivity (Wildman–Crippen MR) is 129 cm³/mol. The van der Waals surface area contributed by atoms with Crippen LogP contribution in [0.15, 0.2) is 81.9 Å². The lowest BCUT2D eigenvalue weighted by atomic mass is 10.2. The van der Waals surface area contributed by atoms with Gasteiger partial charge in [-0.1, -0.05) is 60.1 Å². The van der Waals surface area contributed by atoms with Crippen LogP contribution < -0.4 is 5.32 Å². The van der Waals surface area contributed by atoms with Crippen molar-refractivity contribution < 1.29 is 14.0 Å². The normalized spacial score (nSPS) is 10.8. The Kier molecular flexibility index (Phi) is 8.50. The number of anilines is 1. The third-order valence-electron chi connectivity index (χ3n) is 4.79. The number of rotatable bonds is 9. The number of urea groups is 1. The number of amides is 3. The molecule has 1 N–H and O–H groups in total. The van der Waals surface area contributed by atoms with Gasteiger partial charge < -0.3 is 19.5 Å². The van der Waals surface area contributed by atoms with E-state index in [0.29, 0.717) is 31.1 Å². The Morgan fingerprint density at radius 2 is 1.66 bits per heavy atom. The fourth-order valence-electron chi connectivity index (χ4n) is 3.29. The Morgan fingerprint density at radius 3 is 2.28 bits per heavy atom. The number of halogens is 1. The molecule has 2 aromatic carbocycles. The monoisotopic (exact) mass is 497 g/mol. The lowest BCUT2D eigenvalue weighted by Crippen LogP contribution is -2.45. The summed E-state index contributed by atoms with van der Waals surface area (Å²) in [5.74, 6) is 0.770. The average Bonchev–Trinajstić information content (AvgIpc) is 3.28. The molecular formula is C25H28BrN3O3. The average molecular weight is 498 g/mol. The highest BCUT2D eigenvalue weighted by molar-refractivity contribution is 9.10. The Morgan fingerprint density at radius 1 is 0.938 bits per heavy atom. The summed E-state index contributed by atoms with van der Waals surface area (Å²) in [5, 5.41) is 2.89. The summed E-state index contributed by atoms with van der Waals surface area (Å²) in [4.78, 5) is 29.6. The maximum atomic E-state index is 13.3. The Bertz CT molecular complexity index is 989. The summed E-state index contributed by atoms with van der Waals surface area (Å²) in [6, 6.07) is 20.5. The number of hydrogen-bond acceptors (Lipinski definition) is 3. The fourth-order valence-corrected chi connectivity index (χ4v) is 3.55. The molecule has 0 fully saturated rings. The van der Waals surface area contributed by atoms with Crippen LogP contribution in [-0.2, 0) is 17.9 Å². The van der Waals surface area contributed by atoms with E-state index >= 15 is 0 Å². The third kappa shape index (κ3) is 7.27. The molecule has 0 unspecified atom stereocenters. The van der Waals surface area contributed by atoms with E-state index in [0.717, 1.165) is 10.0 Å². The smallest absolute Gasteiger partial charge is 0.322 e. The van der Waals surface area contributed by atoms with E-state index < -0.39 is 0 Å². The summed E-state index contributed by atoms with van der Waals surface area (Å²) in [6.07, 6.45) is 1.59. The molecule has 0 aliphatic heterocycles. The molecule has 32 heavy (non-hydrogen) atoms. The topological polar surface area (TPSA) is 65.8 Å². The van der Waals surface area contributed by atoms with Crippen LogP contribution in [0.2, 0.25) is 0 Å². The van der Waals surface area contributed by atoms with Crippen molar-refractivity contribution in [2.24, 2.45) is 5.92 Å². The van der Waals surface area contributed by atoms with Crippen molar-refractivity contribution in [2.75, 3.05) is 18.4 Å². The molecule has 0 aliphatic carbocycles. The van der Waals surface area contributed by atoms with E-state index in [4.69, 9.17) is 4.42 Å². The van der Waals surface area contributed by atoms with Crippen LogP contribution in [0.25, 0.3) is 0 Å². The molecule has 0 atom stereocenters. The quantitative estimate of drug-likeness (QED) is 0.408. The van der Waals surface area contributed by atoms with Crippen molar-refractivity contribution in [3.63, 3.8) is 0 Å². The van der Waals surface area contributed by atoms with E-state index in [1.807, 2.05) is 74.5 Å². The van der Waals surface area contributed by atoms with Gasteiger partial charge in [0.05, 0.1) is 12.8 Å². The Hall–Kier alpha value is -3.06. The minimum Gasteiger partial charge on any atom is -0.467 e. The number of nitrogens with one attached hydrogen (secondary N) is 1. The Balaban J connectivity index is 1.74. The van der Waals surface area contributed by atoms with Crippen LogP contribution in [0.5, 0.6) is 0 Å². The van der Waals surface area contributed by atoms with Gasteiger partial charge in [0, 0.05) is 23.2 Å². The molecule has 6 nitrogen and oxygen atoms in total. The number of carbonyl (C=O) groups is 2. The van der Waals surface area contributed by atoms with E-state index in [1.165, 1.54) is 0 Å². The molecule has 0 radical (unpaired) electrons. The van der Waals surface area contributed by atoms with Crippen LogP contribution in [0.1, 0.15) is 25.2 Å². The highest BCUT2D eigenvalue weighted by Gasteiger charge is 2.23. The SMILES string of the molecule is CC(C)CN(CC(=O)N(Cc1ccccc1)Cc1ccco1)C(=O)Nc1ccc(Br)cc1. The lowest BCUT2D eigenvalue weighted by molar-refractivity contribution is -0.133. The van der Waals surface area contributed by atoms with Crippen LogP contribution >= 0.6 is 15.9 Å². The molecule has 0 saturated carbocycles. The van der Waals surface area contributed by atoms with Gasteiger partial charge >= 0.3 is 6.03 Å². The molecule has 0 saturated heterocycles. The molecule has 1 aromatic heterocycles.